The molecule has 0 radical (unpaired) electrons. The number of thiophene rings is 2. The van der Waals surface area contributed by atoms with E-state index in [1.54, 1.807) is 16.2 Å². The van der Waals surface area contributed by atoms with E-state index in [1.165, 1.54) is 34.2 Å². The first kappa shape index (κ1) is 13.8. The molecule has 102 valence electrons. The predicted molar refractivity (Wildman–Crippen MR) is 86.8 cm³/mol. The van der Waals surface area contributed by atoms with E-state index < -0.39 is 0 Å². The highest BCUT2D eigenvalue weighted by molar-refractivity contribution is 9.10. The predicted octanol–water partition coefficient (Wildman–Crippen LogP) is 4.07. The summed E-state index contributed by atoms with van der Waals surface area (Å²) in [6, 6.07) is 4.73. The largest absolute Gasteiger partial charge is 0.271 e. The van der Waals surface area contributed by atoms with Gasteiger partial charge in [-0.15, -0.1) is 22.7 Å². The highest BCUT2D eigenvalue weighted by Crippen LogP contribution is 2.38. The minimum Gasteiger partial charge on any atom is -0.271 e. The van der Waals surface area contributed by atoms with Gasteiger partial charge in [-0.2, -0.15) is 0 Å². The monoisotopic (exact) mass is 356 g/mol. The lowest BCUT2D eigenvalue weighted by molar-refractivity contribution is 0.399. The van der Waals surface area contributed by atoms with Gasteiger partial charge in [-0.3, -0.25) is 11.3 Å². The van der Waals surface area contributed by atoms with Crippen molar-refractivity contribution in [2.75, 3.05) is 0 Å². The fourth-order valence-corrected chi connectivity index (χ4v) is 5.50. The summed E-state index contributed by atoms with van der Waals surface area (Å²) in [5, 5.41) is 4.35. The first-order chi connectivity index (χ1) is 9.29. The van der Waals surface area contributed by atoms with Crippen LogP contribution in [0.4, 0.5) is 0 Å². The molecule has 2 aromatic rings. The smallest absolute Gasteiger partial charge is 0.0328 e. The van der Waals surface area contributed by atoms with Gasteiger partial charge in [-0.1, -0.05) is 0 Å². The maximum absolute atomic E-state index is 5.84. The fraction of sp³-hybridized carbons (Fsp3) is 0.429. The molecule has 0 saturated heterocycles. The Labute approximate surface area is 130 Å². The van der Waals surface area contributed by atoms with Crippen molar-refractivity contribution in [2.24, 2.45) is 5.84 Å². The van der Waals surface area contributed by atoms with E-state index in [4.69, 9.17) is 5.84 Å². The lowest BCUT2D eigenvalue weighted by Crippen LogP contribution is -2.42. The summed E-state index contributed by atoms with van der Waals surface area (Å²) in [6.07, 6.45) is 4.75. The minimum absolute atomic E-state index is 0.323. The van der Waals surface area contributed by atoms with Gasteiger partial charge >= 0.3 is 0 Å². The van der Waals surface area contributed by atoms with Gasteiger partial charge in [-0.05, 0) is 63.6 Å². The third kappa shape index (κ3) is 2.81. The zero-order valence-electron chi connectivity index (χ0n) is 10.6. The van der Waals surface area contributed by atoms with Crippen LogP contribution in [0.5, 0.6) is 0 Å². The van der Waals surface area contributed by atoms with Gasteiger partial charge in [0, 0.05) is 32.6 Å². The van der Waals surface area contributed by atoms with Crippen molar-refractivity contribution in [3.05, 3.63) is 42.7 Å². The van der Waals surface area contributed by atoms with Gasteiger partial charge in [0.1, 0.15) is 0 Å². The van der Waals surface area contributed by atoms with Gasteiger partial charge in [0.2, 0.25) is 0 Å². The second-order valence-electron chi connectivity index (χ2n) is 4.97. The van der Waals surface area contributed by atoms with Crippen LogP contribution in [-0.4, -0.2) is 6.04 Å². The van der Waals surface area contributed by atoms with E-state index in [1.807, 2.05) is 11.3 Å². The Kier molecular flexibility index (Phi) is 4.39. The number of nitrogens with one attached hydrogen (secondary N) is 1. The number of hydrogen-bond acceptors (Lipinski definition) is 4. The average molecular weight is 357 g/mol. The molecule has 2 heterocycles. The SMILES string of the molecule is NNC(Cc1sccc1Br)C1CCCc2sccc21. The third-order valence-electron chi connectivity index (χ3n) is 3.89. The fourth-order valence-electron chi connectivity index (χ4n) is 2.93. The molecule has 3 N–H and O–H groups in total. The molecule has 2 atom stereocenters. The number of fused-ring (bicyclic) bond motifs is 1. The van der Waals surface area contributed by atoms with Crippen LogP contribution in [-0.2, 0) is 12.8 Å². The number of aryl methyl sites for hydroxylation is 1. The number of halogens is 1. The Bertz CT molecular complexity index is 549. The second kappa shape index (κ2) is 6.06. The van der Waals surface area contributed by atoms with Crippen LogP contribution in [0.1, 0.15) is 34.1 Å². The van der Waals surface area contributed by atoms with E-state index in [0.29, 0.717) is 12.0 Å². The van der Waals surface area contributed by atoms with E-state index in [-0.39, 0.29) is 0 Å². The Hall–Kier alpha value is -0.200. The van der Waals surface area contributed by atoms with Crippen LogP contribution >= 0.6 is 38.6 Å². The molecule has 1 aliphatic rings. The molecular formula is C14H17BrN2S2. The number of hydrogen-bond donors (Lipinski definition) is 2. The van der Waals surface area contributed by atoms with Gasteiger partial charge in [-0.25, -0.2) is 0 Å². The van der Waals surface area contributed by atoms with Crippen molar-refractivity contribution in [1.82, 2.24) is 5.43 Å². The maximum atomic E-state index is 5.84. The molecule has 0 bridgehead atoms. The van der Waals surface area contributed by atoms with E-state index in [2.05, 4.69) is 44.2 Å². The molecule has 3 rings (SSSR count). The van der Waals surface area contributed by atoms with Crippen molar-refractivity contribution < 1.29 is 0 Å². The first-order valence-electron chi connectivity index (χ1n) is 6.54. The molecule has 2 unspecified atom stereocenters. The molecule has 0 aromatic carbocycles. The average Bonchev–Trinajstić information content (AvgIpc) is 3.04. The molecular weight excluding hydrogens is 340 g/mol. The van der Waals surface area contributed by atoms with Crippen molar-refractivity contribution in [1.29, 1.82) is 0 Å². The van der Waals surface area contributed by atoms with Crippen LogP contribution < -0.4 is 11.3 Å². The second-order valence-corrected chi connectivity index (χ2v) is 7.82. The van der Waals surface area contributed by atoms with Crippen LogP contribution in [0.3, 0.4) is 0 Å². The Morgan fingerprint density at radius 3 is 2.95 bits per heavy atom. The Balaban J connectivity index is 1.82. The molecule has 0 saturated carbocycles. The number of hydrazine groups is 1. The Morgan fingerprint density at radius 2 is 2.21 bits per heavy atom. The summed E-state index contributed by atoms with van der Waals surface area (Å²) in [6.45, 7) is 0. The molecule has 5 heteroatoms. The quantitative estimate of drug-likeness (QED) is 0.640. The minimum atomic E-state index is 0.323. The van der Waals surface area contributed by atoms with Crippen molar-refractivity contribution in [2.45, 2.75) is 37.6 Å². The van der Waals surface area contributed by atoms with Gasteiger partial charge in [0.25, 0.3) is 0 Å². The van der Waals surface area contributed by atoms with Gasteiger partial charge in [0.15, 0.2) is 0 Å². The maximum Gasteiger partial charge on any atom is 0.0328 e. The molecule has 0 amide bonds. The Morgan fingerprint density at radius 1 is 1.37 bits per heavy atom. The lowest BCUT2D eigenvalue weighted by atomic mass is 9.81. The third-order valence-corrected chi connectivity index (χ3v) is 6.84. The zero-order valence-corrected chi connectivity index (χ0v) is 13.8. The molecule has 1 aliphatic carbocycles. The summed E-state index contributed by atoms with van der Waals surface area (Å²) >= 11 is 7.31. The van der Waals surface area contributed by atoms with Crippen LogP contribution in [0.25, 0.3) is 0 Å². The summed E-state index contributed by atoms with van der Waals surface area (Å²) in [5.74, 6) is 6.39. The van der Waals surface area contributed by atoms with E-state index in [0.717, 1.165) is 6.42 Å². The van der Waals surface area contributed by atoms with Crippen LogP contribution in [0, 0.1) is 0 Å². The molecule has 0 spiro atoms. The van der Waals surface area contributed by atoms with Crippen molar-refractivity contribution in [3.8, 4) is 0 Å². The number of rotatable bonds is 4. The molecule has 19 heavy (non-hydrogen) atoms. The zero-order chi connectivity index (χ0) is 13.2. The summed E-state index contributed by atoms with van der Waals surface area (Å²) in [4.78, 5) is 2.94. The van der Waals surface area contributed by atoms with E-state index >= 15 is 0 Å². The van der Waals surface area contributed by atoms with E-state index in [9.17, 15) is 0 Å². The summed E-state index contributed by atoms with van der Waals surface area (Å²) in [7, 11) is 0. The normalized spacial score (nSPS) is 20.2. The van der Waals surface area contributed by atoms with Crippen molar-refractivity contribution in [3.63, 3.8) is 0 Å². The number of nitrogens with two attached hydrogens (primary N) is 1. The topological polar surface area (TPSA) is 38.0 Å². The molecule has 2 nitrogen and oxygen atoms in total. The van der Waals surface area contributed by atoms with Crippen molar-refractivity contribution >= 4 is 38.6 Å². The lowest BCUT2D eigenvalue weighted by Gasteiger charge is -2.30. The first-order valence-corrected chi connectivity index (χ1v) is 9.09. The van der Waals surface area contributed by atoms with Crippen LogP contribution in [0.15, 0.2) is 27.4 Å². The van der Waals surface area contributed by atoms with Gasteiger partial charge < -0.3 is 0 Å². The molecule has 0 fully saturated rings. The summed E-state index contributed by atoms with van der Waals surface area (Å²) in [5.41, 5.74) is 4.58. The van der Waals surface area contributed by atoms with Crippen LogP contribution in [0.2, 0.25) is 0 Å². The standard InChI is InChI=1S/C14H17BrN2S2/c15-11-5-7-19-14(11)8-12(17-16)9-2-1-3-13-10(9)4-6-18-13/h4-7,9,12,17H,1-3,8,16H2. The highest BCUT2D eigenvalue weighted by Gasteiger charge is 2.28. The highest BCUT2D eigenvalue weighted by atomic mass is 79.9. The molecule has 2 aromatic heterocycles. The molecule has 0 aliphatic heterocycles. The summed E-state index contributed by atoms with van der Waals surface area (Å²) < 4.78 is 1.21. The van der Waals surface area contributed by atoms with Gasteiger partial charge in [0.05, 0.1) is 0 Å².